The van der Waals surface area contributed by atoms with Crippen LogP contribution in [0.4, 0.5) is 4.79 Å². The number of carbonyl (C=O) groups excluding carboxylic acids is 1. The molecule has 0 saturated carbocycles. The molecular formula is C11H23O4P. The van der Waals surface area contributed by atoms with Gasteiger partial charge in [0.1, 0.15) is 0 Å². The van der Waals surface area contributed by atoms with Crippen LogP contribution in [-0.2, 0) is 13.8 Å². The highest BCUT2D eigenvalue weighted by atomic mass is 31.1. The van der Waals surface area contributed by atoms with Crippen LogP contribution < -0.4 is 0 Å². The summed E-state index contributed by atoms with van der Waals surface area (Å²) < 4.78 is 20.8. The van der Waals surface area contributed by atoms with Crippen LogP contribution in [0.15, 0.2) is 0 Å². The molecule has 0 N–H and O–H groups in total. The minimum absolute atomic E-state index is 0.278. The van der Waals surface area contributed by atoms with Crippen molar-refractivity contribution in [3.05, 3.63) is 0 Å². The van der Waals surface area contributed by atoms with Gasteiger partial charge in [0.25, 0.3) is 8.03 Å². The molecule has 0 aromatic heterocycles. The monoisotopic (exact) mass is 250 g/mol. The summed E-state index contributed by atoms with van der Waals surface area (Å²) in [6.45, 7) is 6.54. The zero-order chi connectivity index (χ0) is 12.4. The normalized spacial score (nSPS) is 14.4. The Morgan fingerprint density at radius 2 is 2.00 bits per heavy atom. The van der Waals surface area contributed by atoms with E-state index in [9.17, 15) is 9.36 Å². The van der Waals surface area contributed by atoms with Gasteiger partial charge in [0.15, 0.2) is 0 Å². The summed E-state index contributed by atoms with van der Waals surface area (Å²) in [5.74, 6) is 0.375. The van der Waals surface area contributed by atoms with Gasteiger partial charge < -0.3 is 9.26 Å². The van der Waals surface area contributed by atoms with Crippen LogP contribution in [0, 0.1) is 5.92 Å². The van der Waals surface area contributed by atoms with Crippen LogP contribution in [0.1, 0.15) is 46.5 Å². The first kappa shape index (κ1) is 15.7. The molecule has 0 aliphatic carbocycles. The van der Waals surface area contributed by atoms with Gasteiger partial charge in [0.05, 0.1) is 13.2 Å². The van der Waals surface area contributed by atoms with Crippen LogP contribution in [0.5, 0.6) is 0 Å². The predicted octanol–water partition coefficient (Wildman–Crippen LogP) is 3.85. The van der Waals surface area contributed by atoms with Gasteiger partial charge in [-0.15, -0.1) is 0 Å². The Balaban J connectivity index is 3.82. The Labute approximate surface area is 98.6 Å². The molecule has 0 saturated heterocycles. The zero-order valence-electron chi connectivity index (χ0n) is 10.5. The second-order valence-corrected chi connectivity index (χ2v) is 5.01. The minimum atomic E-state index is -2.65. The summed E-state index contributed by atoms with van der Waals surface area (Å²) in [7, 11) is -2.65. The van der Waals surface area contributed by atoms with Crippen LogP contribution >= 0.6 is 8.03 Å². The summed E-state index contributed by atoms with van der Waals surface area (Å²) in [4.78, 5) is 11.2. The van der Waals surface area contributed by atoms with Crippen molar-refractivity contribution < 1.29 is 18.6 Å². The molecule has 2 unspecified atom stereocenters. The van der Waals surface area contributed by atoms with Crippen molar-refractivity contribution in [3.63, 3.8) is 0 Å². The van der Waals surface area contributed by atoms with Gasteiger partial charge in [0.2, 0.25) is 0 Å². The summed E-state index contributed by atoms with van der Waals surface area (Å²) in [6, 6.07) is 0. The molecule has 0 fully saturated rings. The predicted molar refractivity (Wildman–Crippen MR) is 65.3 cm³/mol. The first-order valence-electron chi connectivity index (χ1n) is 5.99. The Kier molecular flexibility index (Phi) is 9.65. The van der Waals surface area contributed by atoms with E-state index in [0.717, 1.165) is 25.7 Å². The third-order valence-electron chi connectivity index (χ3n) is 2.44. The van der Waals surface area contributed by atoms with Crippen molar-refractivity contribution in [2.45, 2.75) is 46.5 Å². The number of hydrogen-bond donors (Lipinski definition) is 0. The van der Waals surface area contributed by atoms with Gasteiger partial charge in [-0.2, -0.15) is 0 Å². The van der Waals surface area contributed by atoms with E-state index in [-0.39, 0.29) is 6.61 Å². The topological polar surface area (TPSA) is 52.6 Å². The van der Waals surface area contributed by atoms with Crippen molar-refractivity contribution in [3.8, 4) is 0 Å². The Hall–Kier alpha value is -0.340. The maximum absolute atomic E-state index is 11.2. The molecule has 0 bridgehead atoms. The molecule has 4 nitrogen and oxygen atoms in total. The van der Waals surface area contributed by atoms with E-state index in [1.165, 1.54) is 0 Å². The molecule has 2 atom stereocenters. The molecule has 5 heteroatoms. The van der Waals surface area contributed by atoms with E-state index in [4.69, 9.17) is 9.26 Å². The highest BCUT2D eigenvalue weighted by Gasteiger charge is 2.15. The van der Waals surface area contributed by atoms with Gasteiger partial charge in [-0.1, -0.05) is 33.1 Å². The molecule has 0 radical (unpaired) electrons. The number of rotatable bonds is 9. The largest absolute Gasteiger partial charge is 0.458 e. The molecule has 0 aliphatic rings. The van der Waals surface area contributed by atoms with Crippen LogP contribution in [0.2, 0.25) is 0 Å². The quantitative estimate of drug-likeness (QED) is 0.583. The van der Waals surface area contributed by atoms with Crippen molar-refractivity contribution >= 4 is 13.7 Å². The standard InChI is InChI=1S/C11H23O4P/c1-4-7-8-10(5-2)9-14-11(12)16(13)15-6-3/h10,16H,4-9H2,1-3H3. The van der Waals surface area contributed by atoms with Gasteiger partial charge in [-0.3, -0.25) is 4.57 Å². The van der Waals surface area contributed by atoms with Crippen LogP contribution in [-0.4, -0.2) is 18.9 Å². The maximum Gasteiger partial charge on any atom is 0.388 e. The van der Waals surface area contributed by atoms with Crippen molar-refractivity contribution in [2.75, 3.05) is 13.2 Å². The lowest BCUT2D eigenvalue weighted by Gasteiger charge is -2.14. The lowest BCUT2D eigenvalue weighted by Crippen LogP contribution is -2.11. The number of ether oxygens (including phenoxy) is 1. The van der Waals surface area contributed by atoms with Crippen molar-refractivity contribution in [1.29, 1.82) is 0 Å². The van der Waals surface area contributed by atoms with Gasteiger partial charge in [-0.25, -0.2) is 4.79 Å². The lowest BCUT2D eigenvalue weighted by molar-refractivity contribution is 0.142. The molecule has 0 rings (SSSR count). The second kappa shape index (κ2) is 9.86. The van der Waals surface area contributed by atoms with Crippen molar-refractivity contribution in [1.82, 2.24) is 0 Å². The van der Waals surface area contributed by atoms with Gasteiger partial charge >= 0.3 is 5.71 Å². The number of hydrogen-bond acceptors (Lipinski definition) is 4. The van der Waals surface area contributed by atoms with E-state index < -0.39 is 13.7 Å². The molecule has 0 heterocycles. The Bertz CT molecular complexity index is 218. The molecular weight excluding hydrogens is 227 g/mol. The fourth-order valence-corrected chi connectivity index (χ4v) is 1.92. The molecule has 96 valence electrons. The fraction of sp³-hybridized carbons (Fsp3) is 0.909. The van der Waals surface area contributed by atoms with Gasteiger partial charge in [0, 0.05) is 0 Å². The summed E-state index contributed by atoms with van der Waals surface area (Å²) >= 11 is 0. The average molecular weight is 250 g/mol. The van der Waals surface area contributed by atoms with E-state index in [2.05, 4.69) is 13.8 Å². The van der Waals surface area contributed by atoms with E-state index >= 15 is 0 Å². The van der Waals surface area contributed by atoms with E-state index in [1.807, 2.05) is 0 Å². The third kappa shape index (κ3) is 7.02. The van der Waals surface area contributed by atoms with E-state index in [0.29, 0.717) is 12.5 Å². The summed E-state index contributed by atoms with van der Waals surface area (Å²) in [6.07, 6.45) is 4.30. The maximum atomic E-state index is 11.2. The van der Waals surface area contributed by atoms with E-state index in [1.54, 1.807) is 6.92 Å². The highest BCUT2D eigenvalue weighted by molar-refractivity contribution is 7.58. The minimum Gasteiger partial charge on any atom is -0.458 e. The molecule has 0 aromatic carbocycles. The molecule has 0 amide bonds. The lowest BCUT2D eigenvalue weighted by atomic mass is 10.0. The highest BCUT2D eigenvalue weighted by Crippen LogP contribution is 2.25. The smallest absolute Gasteiger partial charge is 0.388 e. The summed E-state index contributed by atoms with van der Waals surface area (Å²) in [5, 5.41) is 0. The Morgan fingerprint density at radius 1 is 1.31 bits per heavy atom. The first-order valence-corrected chi connectivity index (χ1v) is 7.31. The Morgan fingerprint density at radius 3 is 2.50 bits per heavy atom. The number of carbonyl (C=O) groups is 1. The summed E-state index contributed by atoms with van der Waals surface area (Å²) in [5.41, 5.74) is -0.693. The van der Waals surface area contributed by atoms with Crippen LogP contribution in [0.25, 0.3) is 0 Å². The SMILES string of the molecule is CCCCC(CC)COC(=O)[PH](=O)OCC. The number of unbranched alkanes of at least 4 members (excludes halogenated alkanes) is 1. The first-order chi connectivity index (χ1) is 7.65. The molecule has 16 heavy (non-hydrogen) atoms. The average Bonchev–Trinajstić information content (AvgIpc) is 2.29. The second-order valence-electron chi connectivity index (χ2n) is 3.74. The molecule has 0 aliphatic heterocycles. The fourth-order valence-electron chi connectivity index (χ4n) is 1.34. The van der Waals surface area contributed by atoms with Gasteiger partial charge in [-0.05, 0) is 19.3 Å². The van der Waals surface area contributed by atoms with Crippen LogP contribution in [0.3, 0.4) is 0 Å². The van der Waals surface area contributed by atoms with Crippen molar-refractivity contribution in [2.24, 2.45) is 5.92 Å². The third-order valence-corrected chi connectivity index (χ3v) is 3.46. The zero-order valence-corrected chi connectivity index (χ0v) is 11.5. The molecule has 0 aromatic rings. The molecule has 0 spiro atoms.